The van der Waals surface area contributed by atoms with Crippen LogP contribution in [0, 0.1) is 17.0 Å². The summed E-state index contributed by atoms with van der Waals surface area (Å²) >= 11 is 0. The van der Waals surface area contributed by atoms with E-state index in [1.165, 1.54) is 0 Å². The number of nitro groups is 1. The molecule has 2 aromatic rings. The molecule has 2 rings (SSSR count). The number of rotatable bonds is 8. The Morgan fingerprint density at radius 2 is 1.69 bits per heavy atom. The fourth-order valence-electron chi connectivity index (χ4n) is 2.79. The quantitative estimate of drug-likeness (QED) is 0.313. The largest absolute Gasteiger partial charge is 0.461 e. The van der Waals surface area contributed by atoms with E-state index in [0.717, 1.165) is 5.56 Å². The minimum atomic E-state index is -1.63. The van der Waals surface area contributed by atoms with Gasteiger partial charge in [-0.2, -0.15) is 0 Å². The number of ether oxygens (including phenoxy) is 1. The molecule has 0 spiro atoms. The molecule has 0 N–H and O–H groups in total. The minimum Gasteiger partial charge on any atom is -0.461 e. The lowest BCUT2D eigenvalue weighted by Crippen LogP contribution is -2.38. The van der Waals surface area contributed by atoms with Crippen LogP contribution in [0.15, 0.2) is 54.6 Å². The summed E-state index contributed by atoms with van der Waals surface area (Å²) in [7, 11) is 0. The second-order valence-electron chi connectivity index (χ2n) is 5.99. The predicted molar refractivity (Wildman–Crippen MR) is 96.7 cm³/mol. The lowest BCUT2D eigenvalue weighted by Gasteiger charge is -2.19. The second-order valence-corrected chi connectivity index (χ2v) is 5.99. The third kappa shape index (κ3) is 4.75. The number of hydrogen-bond donors (Lipinski definition) is 0. The van der Waals surface area contributed by atoms with Gasteiger partial charge in [-0.1, -0.05) is 60.2 Å². The molecule has 136 valence electrons. The van der Waals surface area contributed by atoms with Crippen LogP contribution < -0.4 is 0 Å². The summed E-state index contributed by atoms with van der Waals surface area (Å²) in [4.78, 5) is 35.8. The Hall–Kier alpha value is -3.02. The lowest BCUT2D eigenvalue weighted by atomic mass is 9.85. The van der Waals surface area contributed by atoms with Gasteiger partial charge in [0.05, 0.1) is 12.5 Å². The predicted octanol–water partition coefficient (Wildman–Crippen LogP) is 3.56. The van der Waals surface area contributed by atoms with Crippen molar-refractivity contribution in [1.82, 2.24) is 0 Å². The Morgan fingerprint density at radius 3 is 2.23 bits per heavy atom. The fraction of sp³-hybridized carbons (Fsp3) is 0.300. The molecule has 0 bridgehead atoms. The van der Waals surface area contributed by atoms with E-state index in [2.05, 4.69) is 0 Å². The van der Waals surface area contributed by atoms with E-state index in [9.17, 15) is 19.7 Å². The molecule has 0 saturated carbocycles. The van der Waals surface area contributed by atoms with Crippen molar-refractivity contribution in [3.8, 4) is 0 Å². The highest BCUT2D eigenvalue weighted by atomic mass is 16.6. The molecule has 2 atom stereocenters. The number of benzene rings is 2. The molecule has 6 heteroatoms. The van der Waals surface area contributed by atoms with Crippen LogP contribution in [0.2, 0.25) is 0 Å². The number of esters is 1. The average Bonchev–Trinajstić information content (AvgIpc) is 2.62. The molecule has 2 unspecified atom stereocenters. The van der Waals surface area contributed by atoms with Gasteiger partial charge in [-0.25, -0.2) is 4.79 Å². The lowest BCUT2D eigenvalue weighted by molar-refractivity contribution is -0.514. The number of aryl methyl sites for hydroxylation is 1. The van der Waals surface area contributed by atoms with Crippen molar-refractivity contribution in [2.45, 2.75) is 32.2 Å². The molecule has 0 aliphatic carbocycles. The molecule has 0 radical (unpaired) electrons. The zero-order chi connectivity index (χ0) is 19.1. The number of carbonyl (C=O) groups excluding carboxylic acids is 2. The summed E-state index contributed by atoms with van der Waals surface area (Å²) in [6.07, 6.45) is -0.155. The van der Waals surface area contributed by atoms with Crippen molar-refractivity contribution in [2.24, 2.45) is 0 Å². The molecule has 0 heterocycles. The molecule has 0 aromatic heterocycles. The van der Waals surface area contributed by atoms with E-state index < -0.39 is 22.9 Å². The van der Waals surface area contributed by atoms with E-state index in [1.807, 2.05) is 6.92 Å². The minimum absolute atomic E-state index is 0.0383. The summed E-state index contributed by atoms with van der Waals surface area (Å²) in [6.45, 7) is 3.53. The van der Waals surface area contributed by atoms with E-state index in [4.69, 9.17) is 4.74 Å². The standard InChI is InChI=1S/C20H21NO5/c1-3-26-20(23)19(21(24)25)17(15-7-5-4-6-8-15)13-18(22)16-11-9-14(2)10-12-16/h4-12,17,19H,3,13H2,1-2H3. The summed E-state index contributed by atoms with van der Waals surface area (Å²) < 4.78 is 4.88. The first-order valence-electron chi connectivity index (χ1n) is 8.39. The molecule has 26 heavy (non-hydrogen) atoms. The summed E-state index contributed by atoms with van der Waals surface area (Å²) in [5, 5.41) is 11.6. The van der Waals surface area contributed by atoms with E-state index in [-0.39, 0.29) is 18.8 Å². The topological polar surface area (TPSA) is 86.5 Å². The van der Waals surface area contributed by atoms with Crippen molar-refractivity contribution in [2.75, 3.05) is 6.61 Å². The highest BCUT2D eigenvalue weighted by Crippen LogP contribution is 2.28. The Labute approximate surface area is 151 Å². The molecular weight excluding hydrogens is 334 g/mol. The smallest absolute Gasteiger partial charge is 0.382 e. The van der Waals surface area contributed by atoms with Gasteiger partial charge in [0.2, 0.25) is 0 Å². The van der Waals surface area contributed by atoms with Gasteiger partial charge in [0.1, 0.15) is 0 Å². The van der Waals surface area contributed by atoms with Gasteiger partial charge in [-0.05, 0) is 19.4 Å². The van der Waals surface area contributed by atoms with E-state index >= 15 is 0 Å². The van der Waals surface area contributed by atoms with Gasteiger partial charge in [-0.3, -0.25) is 14.9 Å². The van der Waals surface area contributed by atoms with Gasteiger partial charge < -0.3 is 4.74 Å². The average molecular weight is 355 g/mol. The molecule has 2 aromatic carbocycles. The van der Waals surface area contributed by atoms with Crippen LogP contribution in [0.3, 0.4) is 0 Å². The van der Waals surface area contributed by atoms with Gasteiger partial charge in [0.25, 0.3) is 0 Å². The summed E-state index contributed by atoms with van der Waals surface area (Å²) in [5.74, 6) is -2.09. The second kappa shape index (κ2) is 8.89. The van der Waals surface area contributed by atoms with Crippen molar-refractivity contribution in [3.63, 3.8) is 0 Å². The zero-order valence-electron chi connectivity index (χ0n) is 14.8. The van der Waals surface area contributed by atoms with Crippen LogP contribution in [0.1, 0.15) is 40.7 Å². The van der Waals surface area contributed by atoms with Crippen molar-refractivity contribution >= 4 is 11.8 Å². The Morgan fingerprint density at radius 1 is 1.08 bits per heavy atom. The maximum absolute atomic E-state index is 12.7. The number of hydrogen-bond acceptors (Lipinski definition) is 5. The van der Waals surface area contributed by atoms with Gasteiger partial charge in [0, 0.05) is 16.9 Å². The van der Waals surface area contributed by atoms with Crippen LogP contribution in [-0.2, 0) is 9.53 Å². The van der Waals surface area contributed by atoms with Crippen LogP contribution in [0.5, 0.6) is 0 Å². The molecule has 0 saturated heterocycles. The van der Waals surface area contributed by atoms with Gasteiger partial charge >= 0.3 is 12.0 Å². The van der Waals surface area contributed by atoms with Gasteiger partial charge in [0.15, 0.2) is 5.78 Å². The monoisotopic (exact) mass is 355 g/mol. The molecule has 0 amide bonds. The molecule has 6 nitrogen and oxygen atoms in total. The Bertz CT molecular complexity index is 771. The Balaban J connectivity index is 2.37. The van der Waals surface area contributed by atoms with E-state index in [0.29, 0.717) is 11.1 Å². The fourth-order valence-corrected chi connectivity index (χ4v) is 2.79. The van der Waals surface area contributed by atoms with Crippen molar-refractivity contribution in [3.05, 3.63) is 81.4 Å². The Kier molecular flexibility index (Phi) is 6.60. The highest BCUT2D eigenvalue weighted by Gasteiger charge is 2.42. The first-order valence-corrected chi connectivity index (χ1v) is 8.39. The van der Waals surface area contributed by atoms with Crippen LogP contribution >= 0.6 is 0 Å². The van der Waals surface area contributed by atoms with Crippen LogP contribution in [0.25, 0.3) is 0 Å². The molecule has 0 fully saturated rings. The van der Waals surface area contributed by atoms with Crippen LogP contribution in [0.4, 0.5) is 0 Å². The number of ketones is 1. The first-order chi connectivity index (χ1) is 12.4. The molecule has 0 aliphatic rings. The van der Waals surface area contributed by atoms with E-state index in [1.54, 1.807) is 61.5 Å². The number of carbonyl (C=O) groups is 2. The SMILES string of the molecule is CCOC(=O)C(C(CC(=O)c1ccc(C)cc1)c1ccccc1)[N+](=O)[O-]. The zero-order valence-corrected chi connectivity index (χ0v) is 14.8. The third-order valence-corrected chi connectivity index (χ3v) is 4.14. The van der Waals surface area contributed by atoms with Crippen molar-refractivity contribution in [1.29, 1.82) is 0 Å². The van der Waals surface area contributed by atoms with Crippen molar-refractivity contribution < 1.29 is 19.2 Å². The molecular formula is C20H21NO5. The third-order valence-electron chi connectivity index (χ3n) is 4.14. The highest BCUT2D eigenvalue weighted by molar-refractivity contribution is 5.97. The van der Waals surface area contributed by atoms with Gasteiger partial charge in [-0.15, -0.1) is 0 Å². The van der Waals surface area contributed by atoms with Crippen LogP contribution in [-0.4, -0.2) is 29.3 Å². The first kappa shape index (κ1) is 19.3. The maximum atomic E-state index is 12.7. The number of nitrogens with zero attached hydrogens (tertiary/aromatic N) is 1. The summed E-state index contributed by atoms with van der Waals surface area (Å²) in [6, 6.07) is 13.9. The number of Topliss-reactive ketones (excluding diaryl/α,β-unsaturated/α-hetero) is 1. The summed E-state index contributed by atoms with van der Waals surface area (Å²) in [5.41, 5.74) is 2.03. The molecule has 0 aliphatic heterocycles. The maximum Gasteiger partial charge on any atom is 0.382 e. The normalized spacial score (nSPS) is 12.8.